The summed E-state index contributed by atoms with van der Waals surface area (Å²) in [7, 11) is 0. The number of nitrogens with one attached hydrogen (secondary N) is 1. The Hall–Kier alpha value is -1.88. The number of carbonyl (C=O) groups is 1. The fraction of sp³-hybridized carbons (Fsp3) is 0.429. The molecule has 5 nitrogen and oxygen atoms in total. The standard InChI is InChI=1S/C14H20N2O3/c1-3-8-19-9-7-14(17)15-13-6-4-5-12(10-13)11(2)16-18/h4-6,10,18H,3,7-9H2,1-2H3,(H,15,17)/b16-11+. The molecule has 0 aromatic heterocycles. The van der Waals surface area contributed by atoms with Crippen LogP contribution in [-0.2, 0) is 9.53 Å². The van der Waals surface area contributed by atoms with Crippen LogP contribution in [0.3, 0.4) is 0 Å². The molecule has 1 rings (SSSR count). The number of amides is 1. The zero-order valence-electron chi connectivity index (χ0n) is 11.3. The Labute approximate surface area is 113 Å². The van der Waals surface area contributed by atoms with E-state index in [2.05, 4.69) is 10.5 Å². The largest absolute Gasteiger partial charge is 0.411 e. The molecule has 0 unspecified atom stereocenters. The van der Waals surface area contributed by atoms with Crippen LogP contribution in [-0.4, -0.2) is 30.0 Å². The summed E-state index contributed by atoms with van der Waals surface area (Å²) in [5.41, 5.74) is 1.95. The highest BCUT2D eigenvalue weighted by molar-refractivity contribution is 6.00. The van der Waals surface area contributed by atoms with E-state index < -0.39 is 0 Å². The Morgan fingerprint density at radius 1 is 1.42 bits per heavy atom. The highest BCUT2D eigenvalue weighted by atomic mass is 16.5. The number of rotatable bonds is 7. The van der Waals surface area contributed by atoms with Gasteiger partial charge in [0.05, 0.1) is 18.7 Å². The van der Waals surface area contributed by atoms with Crippen molar-refractivity contribution in [1.29, 1.82) is 0 Å². The highest BCUT2D eigenvalue weighted by Gasteiger charge is 2.04. The Morgan fingerprint density at radius 3 is 2.89 bits per heavy atom. The molecule has 1 aromatic carbocycles. The number of oxime groups is 1. The molecule has 19 heavy (non-hydrogen) atoms. The average molecular weight is 264 g/mol. The van der Waals surface area contributed by atoms with Crippen LogP contribution in [0.5, 0.6) is 0 Å². The molecular formula is C14H20N2O3. The minimum absolute atomic E-state index is 0.0909. The zero-order chi connectivity index (χ0) is 14.1. The van der Waals surface area contributed by atoms with Crippen molar-refractivity contribution in [1.82, 2.24) is 0 Å². The monoisotopic (exact) mass is 264 g/mol. The number of carbonyl (C=O) groups excluding carboxylic acids is 1. The summed E-state index contributed by atoms with van der Waals surface area (Å²) in [6.45, 7) is 4.82. The first kappa shape index (κ1) is 15.2. The van der Waals surface area contributed by atoms with Gasteiger partial charge in [0.25, 0.3) is 0 Å². The molecule has 0 saturated heterocycles. The van der Waals surface area contributed by atoms with Gasteiger partial charge in [-0.05, 0) is 25.5 Å². The molecule has 0 aliphatic heterocycles. The second-order valence-corrected chi connectivity index (χ2v) is 4.18. The fourth-order valence-corrected chi connectivity index (χ4v) is 1.51. The van der Waals surface area contributed by atoms with Crippen molar-refractivity contribution in [3.05, 3.63) is 29.8 Å². The van der Waals surface area contributed by atoms with Crippen LogP contribution in [0, 0.1) is 0 Å². The molecule has 0 fully saturated rings. The number of anilines is 1. The van der Waals surface area contributed by atoms with E-state index in [9.17, 15) is 4.79 Å². The smallest absolute Gasteiger partial charge is 0.226 e. The van der Waals surface area contributed by atoms with Crippen LogP contribution in [0.4, 0.5) is 5.69 Å². The van der Waals surface area contributed by atoms with Gasteiger partial charge in [0.1, 0.15) is 0 Å². The van der Waals surface area contributed by atoms with Crippen LogP contribution >= 0.6 is 0 Å². The number of benzene rings is 1. The zero-order valence-corrected chi connectivity index (χ0v) is 11.3. The minimum atomic E-state index is -0.0909. The Kier molecular flexibility index (Phi) is 6.60. The topological polar surface area (TPSA) is 70.9 Å². The summed E-state index contributed by atoms with van der Waals surface area (Å²) in [5.74, 6) is -0.0909. The molecule has 1 aromatic rings. The Morgan fingerprint density at radius 2 is 2.21 bits per heavy atom. The van der Waals surface area contributed by atoms with Crippen molar-refractivity contribution in [3.8, 4) is 0 Å². The molecule has 5 heteroatoms. The van der Waals surface area contributed by atoms with Crippen molar-refractivity contribution < 1.29 is 14.7 Å². The van der Waals surface area contributed by atoms with Gasteiger partial charge in [0, 0.05) is 17.9 Å². The van der Waals surface area contributed by atoms with Crippen LogP contribution in [0.2, 0.25) is 0 Å². The molecule has 0 bridgehead atoms. The van der Waals surface area contributed by atoms with Crippen molar-refractivity contribution in [2.24, 2.45) is 5.16 Å². The highest BCUT2D eigenvalue weighted by Crippen LogP contribution is 2.11. The normalized spacial score (nSPS) is 11.4. The van der Waals surface area contributed by atoms with Gasteiger partial charge in [-0.3, -0.25) is 4.79 Å². The first-order chi connectivity index (χ1) is 9.17. The van der Waals surface area contributed by atoms with E-state index in [0.29, 0.717) is 31.0 Å². The van der Waals surface area contributed by atoms with E-state index in [1.54, 1.807) is 25.1 Å². The van der Waals surface area contributed by atoms with Gasteiger partial charge >= 0.3 is 0 Å². The number of hydrogen-bond acceptors (Lipinski definition) is 4. The Balaban J connectivity index is 2.50. The molecule has 0 aliphatic rings. The summed E-state index contributed by atoms with van der Waals surface area (Å²) >= 11 is 0. The summed E-state index contributed by atoms with van der Waals surface area (Å²) < 4.78 is 5.26. The molecular weight excluding hydrogens is 244 g/mol. The second-order valence-electron chi connectivity index (χ2n) is 4.18. The molecule has 0 heterocycles. The van der Waals surface area contributed by atoms with Gasteiger partial charge in [-0.1, -0.05) is 24.2 Å². The summed E-state index contributed by atoms with van der Waals surface area (Å²) in [6, 6.07) is 7.17. The van der Waals surface area contributed by atoms with E-state index in [1.807, 2.05) is 13.0 Å². The third-order valence-electron chi connectivity index (χ3n) is 2.54. The SMILES string of the molecule is CCCOCCC(=O)Nc1cccc(/C(C)=N/O)c1. The van der Waals surface area contributed by atoms with Crippen LogP contribution in [0.1, 0.15) is 32.3 Å². The fourth-order valence-electron chi connectivity index (χ4n) is 1.51. The van der Waals surface area contributed by atoms with Gasteiger partial charge < -0.3 is 15.3 Å². The van der Waals surface area contributed by atoms with Gasteiger partial charge in [0.2, 0.25) is 5.91 Å². The second kappa shape index (κ2) is 8.26. The molecule has 0 saturated carbocycles. The molecule has 0 atom stereocenters. The minimum Gasteiger partial charge on any atom is -0.411 e. The predicted octanol–water partition coefficient (Wildman–Crippen LogP) is 2.64. The predicted molar refractivity (Wildman–Crippen MR) is 74.8 cm³/mol. The maximum absolute atomic E-state index is 11.7. The van der Waals surface area contributed by atoms with Crippen molar-refractivity contribution >= 4 is 17.3 Å². The van der Waals surface area contributed by atoms with Gasteiger partial charge in [-0.2, -0.15) is 0 Å². The lowest BCUT2D eigenvalue weighted by Crippen LogP contribution is -2.14. The summed E-state index contributed by atoms with van der Waals surface area (Å²) in [5, 5.41) is 14.6. The molecule has 2 N–H and O–H groups in total. The lowest BCUT2D eigenvalue weighted by Gasteiger charge is -2.07. The van der Waals surface area contributed by atoms with Crippen molar-refractivity contribution in [2.75, 3.05) is 18.5 Å². The maximum atomic E-state index is 11.7. The van der Waals surface area contributed by atoms with E-state index in [-0.39, 0.29) is 5.91 Å². The quantitative estimate of drug-likeness (QED) is 0.344. The number of hydrogen-bond donors (Lipinski definition) is 2. The van der Waals surface area contributed by atoms with Crippen LogP contribution < -0.4 is 5.32 Å². The van der Waals surface area contributed by atoms with Crippen molar-refractivity contribution in [2.45, 2.75) is 26.7 Å². The van der Waals surface area contributed by atoms with E-state index in [1.165, 1.54) is 0 Å². The van der Waals surface area contributed by atoms with Crippen LogP contribution in [0.15, 0.2) is 29.4 Å². The van der Waals surface area contributed by atoms with Gasteiger partial charge in [-0.25, -0.2) is 0 Å². The average Bonchev–Trinajstić information content (AvgIpc) is 2.43. The van der Waals surface area contributed by atoms with Gasteiger partial charge in [0.15, 0.2) is 0 Å². The molecule has 0 aliphatic carbocycles. The van der Waals surface area contributed by atoms with Gasteiger partial charge in [-0.15, -0.1) is 0 Å². The molecule has 1 amide bonds. The summed E-state index contributed by atoms with van der Waals surface area (Å²) in [4.78, 5) is 11.7. The van der Waals surface area contributed by atoms with E-state index in [4.69, 9.17) is 9.94 Å². The third kappa shape index (κ3) is 5.52. The van der Waals surface area contributed by atoms with E-state index >= 15 is 0 Å². The van der Waals surface area contributed by atoms with E-state index in [0.717, 1.165) is 12.0 Å². The lowest BCUT2D eigenvalue weighted by molar-refractivity contribution is -0.117. The maximum Gasteiger partial charge on any atom is 0.226 e. The Bertz CT molecular complexity index is 444. The lowest BCUT2D eigenvalue weighted by atomic mass is 10.1. The summed E-state index contributed by atoms with van der Waals surface area (Å²) in [6.07, 6.45) is 1.28. The number of ether oxygens (including phenoxy) is 1. The molecule has 104 valence electrons. The van der Waals surface area contributed by atoms with Crippen molar-refractivity contribution in [3.63, 3.8) is 0 Å². The third-order valence-corrected chi connectivity index (χ3v) is 2.54. The first-order valence-electron chi connectivity index (χ1n) is 6.34. The molecule has 0 radical (unpaired) electrons. The molecule has 0 spiro atoms. The number of nitrogens with zero attached hydrogens (tertiary/aromatic N) is 1. The first-order valence-corrected chi connectivity index (χ1v) is 6.34. The van der Waals surface area contributed by atoms with Crippen LogP contribution in [0.25, 0.3) is 0 Å².